The highest BCUT2D eigenvalue weighted by molar-refractivity contribution is 5.97. The second kappa shape index (κ2) is 6.10. The lowest BCUT2D eigenvalue weighted by atomic mass is 10.1. The van der Waals surface area contributed by atoms with Crippen molar-refractivity contribution in [2.45, 2.75) is 13.3 Å². The van der Waals surface area contributed by atoms with E-state index in [-0.39, 0.29) is 23.8 Å². The number of hydrogen-bond donors (Lipinski definition) is 1. The standard InChI is InChI=1S/C16H14FNO2/c1-11(19)13-7-8-14(17)15(10-13)18-16(20)9-12-5-3-2-4-6-12/h2-8,10H,9H2,1H3,(H,18,20). The minimum Gasteiger partial charge on any atom is -0.323 e. The summed E-state index contributed by atoms with van der Waals surface area (Å²) in [6.07, 6.45) is 0.157. The summed E-state index contributed by atoms with van der Waals surface area (Å²) in [6, 6.07) is 13.1. The van der Waals surface area contributed by atoms with Gasteiger partial charge in [-0.05, 0) is 30.7 Å². The molecule has 2 aromatic carbocycles. The van der Waals surface area contributed by atoms with Gasteiger partial charge in [-0.2, -0.15) is 0 Å². The van der Waals surface area contributed by atoms with E-state index < -0.39 is 5.82 Å². The topological polar surface area (TPSA) is 46.2 Å². The van der Waals surface area contributed by atoms with Crippen LogP contribution in [0.4, 0.5) is 10.1 Å². The first-order chi connectivity index (χ1) is 9.56. The van der Waals surface area contributed by atoms with Gasteiger partial charge in [-0.15, -0.1) is 0 Å². The van der Waals surface area contributed by atoms with Gasteiger partial charge in [0.2, 0.25) is 5.91 Å². The van der Waals surface area contributed by atoms with Crippen LogP contribution >= 0.6 is 0 Å². The van der Waals surface area contributed by atoms with Crippen LogP contribution in [0.5, 0.6) is 0 Å². The van der Waals surface area contributed by atoms with E-state index in [2.05, 4.69) is 5.32 Å². The maximum absolute atomic E-state index is 13.6. The highest BCUT2D eigenvalue weighted by atomic mass is 19.1. The number of Topliss-reactive ketones (excluding diaryl/α,β-unsaturated/α-hetero) is 1. The number of ketones is 1. The van der Waals surface area contributed by atoms with Gasteiger partial charge in [-0.1, -0.05) is 30.3 Å². The molecule has 0 spiro atoms. The molecule has 0 aliphatic rings. The molecule has 2 rings (SSSR count). The zero-order valence-electron chi connectivity index (χ0n) is 11.0. The number of amides is 1. The first-order valence-electron chi connectivity index (χ1n) is 6.20. The van der Waals surface area contributed by atoms with Crippen molar-refractivity contribution in [2.24, 2.45) is 0 Å². The molecule has 0 aliphatic heterocycles. The summed E-state index contributed by atoms with van der Waals surface area (Å²) >= 11 is 0. The lowest BCUT2D eigenvalue weighted by Crippen LogP contribution is -2.15. The number of benzene rings is 2. The summed E-state index contributed by atoms with van der Waals surface area (Å²) in [6.45, 7) is 1.39. The van der Waals surface area contributed by atoms with Gasteiger partial charge in [-0.3, -0.25) is 9.59 Å². The fourth-order valence-corrected chi connectivity index (χ4v) is 1.82. The van der Waals surface area contributed by atoms with Gasteiger partial charge in [0.1, 0.15) is 5.82 Å². The average Bonchev–Trinajstić information content (AvgIpc) is 2.42. The molecule has 0 fully saturated rings. The molecule has 0 radical (unpaired) electrons. The van der Waals surface area contributed by atoms with Crippen molar-refractivity contribution in [3.05, 3.63) is 65.5 Å². The predicted molar refractivity (Wildman–Crippen MR) is 75.2 cm³/mol. The third-order valence-electron chi connectivity index (χ3n) is 2.85. The summed E-state index contributed by atoms with van der Waals surface area (Å²) in [5.41, 5.74) is 1.23. The zero-order chi connectivity index (χ0) is 14.5. The molecule has 2 aromatic rings. The van der Waals surface area contributed by atoms with Gasteiger partial charge < -0.3 is 5.32 Å². The molecule has 0 unspecified atom stereocenters. The van der Waals surface area contributed by atoms with Gasteiger partial charge >= 0.3 is 0 Å². The number of nitrogens with one attached hydrogen (secondary N) is 1. The predicted octanol–water partition coefficient (Wildman–Crippen LogP) is 3.21. The molecule has 0 bridgehead atoms. The molecule has 0 saturated heterocycles. The SMILES string of the molecule is CC(=O)c1ccc(F)c(NC(=O)Cc2ccccc2)c1. The lowest BCUT2D eigenvalue weighted by Gasteiger charge is -2.08. The zero-order valence-corrected chi connectivity index (χ0v) is 11.0. The Morgan fingerprint density at radius 3 is 2.45 bits per heavy atom. The van der Waals surface area contributed by atoms with Crippen molar-refractivity contribution in [3.63, 3.8) is 0 Å². The van der Waals surface area contributed by atoms with Gasteiger partial charge in [0.05, 0.1) is 12.1 Å². The van der Waals surface area contributed by atoms with Crippen LogP contribution in [0.25, 0.3) is 0 Å². The second-order valence-corrected chi connectivity index (χ2v) is 4.46. The third-order valence-corrected chi connectivity index (χ3v) is 2.85. The van der Waals surface area contributed by atoms with Crippen LogP contribution in [0.15, 0.2) is 48.5 Å². The summed E-state index contributed by atoms with van der Waals surface area (Å²) in [4.78, 5) is 23.1. The molecule has 1 N–H and O–H groups in total. The largest absolute Gasteiger partial charge is 0.323 e. The molecule has 102 valence electrons. The molecular formula is C16H14FNO2. The molecular weight excluding hydrogens is 257 g/mol. The highest BCUT2D eigenvalue weighted by Gasteiger charge is 2.10. The van der Waals surface area contributed by atoms with Crippen molar-refractivity contribution in [2.75, 3.05) is 5.32 Å². The number of hydrogen-bond acceptors (Lipinski definition) is 2. The highest BCUT2D eigenvalue weighted by Crippen LogP contribution is 2.17. The number of halogens is 1. The number of rotatable bonds is 4. The Bertz CT molecular complexity index is 638. The van der Waals surface area contributed by atoms with E-state index in [9.17, 15) is 14.0 Å². The first-order valence-corrected chi connectivity index (χ1v) is 6.20. The minimum atomic E-state index is -0.559. The second-order valence-electron chi connectivity index (χ2n) is 4.46. The average molecular weight is 271 g/mol. The van der Waals surface area contributed by atoms with E-state index in [1.54, 1.807) is 0 Å². The maximum atomic E-state index is 13.6. The van der Waals surface area contributed by atoms with Crippen molar-refractivity contribution in [1.82, 2.24) is 0 Å². The molecule has 0 heterocycles. The summed E-state index contributed by atoms with van der Waals surface area (Å²) in [7, 11) is 0. The Morgan fingerprint density at radius 1 is 1.10 bits per heavy atom. The van der Waals surface area contributed by atoms with Crippen LogP contribution in [-0.4, -0.2) is 11.7 Å². The van der Waals surface area contributed by atoms with Crippen LogP contribution in [0.3, 0.4) is 0 Å². The molecule has 0 aliphatic carbocycles. The number of carbonyl (C=O) groups is 2. The summed E-state index contributed by atoms with van der Waals surface area (Å²) in [5, 5.41) is 2.49. The Morgan fingerprint density at radius 2 is 1.80 bits per heavy atom. The fourth-order valence-electron chi connectivity index (χ4n) is 1.82. The Balaban J connectivity index is 2.11. The van der Waals surface area contributed by atoms with E-state index >= 15 is 0 Å². The molecule has 0 saturated carbocycles. The molecule has 4 heteroatoms. The van der Waals surface area contributed by atoms with Crippen molar-refractivity contribution in [3.8, 4) is 0 Å². The number of carbonyl (C=O) groups excluding carboxylic acids is 2. The van der Waals surface area contributed by atoms with Crippen LogP contribution < -0.4 is 5.32 Å². The quantitative estimate of drug-likeness (QED) is 0.868. The first kappa shape index (κ1) is 13.9. The van der Waals surface area contributed by atoms with E-state index in [1.165, 1.54) is 25.1 Å². The van der Waals surface area contributed by atoms with E-state index in [0.29, 0.717) is 5.56 Å². The van der Waals surface area contributed by atoms with E-state index in [0.717, 1.165) is 5.56 Å². The molecule has 0 aromatic heterocycles. The van der Waals surface area contributed by atoms with Crippen LogP contribution in [0.2, 0.25) is 0 Å². The van der Waals surface area contributed by atoms with Crippen molar-refractivity contribution < 1.29 is 14.0 Å². The van der Waals surface area contributed by atoms with Crippen molar-refractivity contribution in [1.29, 1.82) is 0 Å². The summed E-state index contributed by atoms with van der Waals surface area (Å²) in [5.74, 6) is -1.06. The van der Waals surface area contributed by atoms with Gasteiger partial charge in [0.25, 0.3) is 0 Å². The molecule has 0 atom stereocenters. The van der Waals surface area contributed by atoms with Gasteiger partial charge in [0.15, 0.2) is 5.78 Å². The van der Waals surface area contributed by atoms with Crippen LogP contribution in [-0.2, 0) is 11.2 Å². The molecule has 20 heavy (non-hydrogen) atoms. The van der Waals surface area contributed by atoms with Gasteiger partial charge in [-0.25, -0.2) is 4.39 Å². The normalized spacial score (nSPS) is 10.1. The van der Waals surface area contributed by atoms with Crippen molar-refractivity contribution >= 4 is 17.4 Å². The van der Waals surface area contributed by atoms with Crippen LogP contribution in [0.1, 0.15) is 22.8 Å². The summed E-state index contributed by atoms with van der Waals surface area (Å²) < 4.78 is 13.6. The minimum absolute atomic E-state index is 0.0265. The van der Waals surface area contributed by atoms with Crippen LogP contribution in [0, 0.1) is 5.82 Å². The Kier molecular flexibility index (Phi) is 4.25. The smallest absolute Gasteiger partial charge is 0.228 e. The van der Waals surface area contributed by atoms with Gasteiger partial charge in [0, 0.05) is 5.56 Å². The monoisotopic (exact) mass is 271 g/mol. The van der Waals surface area contributed by atoms with E-state index in [1.807, 2.05) is 30.3 Å². The van der Waals surface area contributed by atoms with E-state index in [4.69, 9.17) is 0 Å². The molecule has 3 nitrogen and oxygen atoms in total. The number of anilines is 1. The third kappa shape index (κ3) is 3.51. The lowest BCUT2D eigenvalue weighted by molar-refractivity contribution is -0.115. The maximum Gasteiger partial charge on any atom is 0.228 e. The fraction of sp³-hybridized carbons (Fsp3) is 0.125. The molecule has 1 amide bonds. The Hall–Kier alpha value is -2.49. The Labute approximate surface area is 116 Å².